The number of imidazole rings is 1. The van der Waals surface area contributed by atoms with Crippen molar-refractivity contribution < 1.29 is 13.9 Å². The summed E-state index contributed by atoms with van der Waals surface area (Å²) < 4.78 is 12.1. The third kappa shape index (κ3) is 2.86. The topological polar surface area (TPSA) is 57.3 Å². The summed E-state index contributed by atoms with van der Waals surface area (Å²) in [5.74, 6) is 0.899. The van der Waals surface area contributed by atoms with Crippen LogP contribution in [0.4, 0.5) is 0 Å². The van der Waals surface area contributed by atoms with Crippen LogP contribution in [0.1, 0.15) is 21.8 Å². The van der Waals surface area contributed by atoms with Gasteiger partial charge in [-0.05, 0) is 29.8 Å². The molecule has 0 fully saturated rings. The van der Waals surface area contributed by atoms with E-state index in [1.165, 1.54) is 6.26 Å². The van der Waals surface area contributed by atoms with Gasteiger partial charge in [0.2, 0.25) is 5.78 Å². The van der Waals surface area contributed by atoms with Crippen molar-refractivity contribution in [1.82, 2.24) is 9.55 Å². The molecule has 5 nitrogen and oxygen atoms in total. The average Bonchev–Trinajstić information content (AvgIpc) is 3.19. The third-order valence-corrected chi connectivity index (χ3v) is 3.14. The number of benzene rings is 1. The summed E-state index contributed by atoms with van der Waals surface area (Å²) in [7, 11) is 1.64. The van der Waals surface area contributed by atoms with Crippen molar-refractivity contribution in [2.45, 2.75) is 6.54 Å². The molecule has 0 saturated heterocycles. The Morgan fingerprint density at radius 3 is 2.76 bits per heavy atom. The highest BCUT2D eigenvalue weighted by Gasteiger charge is 2.14. The first-order valence-electron chi connectivity index (χ1n) is 6.49. The van der Waals surface area contributed by atoms with Crippen LogP contribution >= 0.6 is 0 Å². The van der Waals surface area contributed by atoms with E-state index >= 15 is 0 Å². The predicted octanol–water partition coefficient (Wildman–Crippen LogP) is 2.76. The van der Waals surface area contributed by atoms with Crippen LogP contribution in [-0.4, -0.2) is 22.4 Å². The summed E-state index contributed by atoms with van der Waals surface area (Å²) in [5.41, 5.74) is 1.48. The van der Waals surface area contributed by atoms with Crippen LogP contribution in [0.5, 0.6) is 5.75 Å². The Hall–Kier alpha value is -2.82. The molecule has 1 aromatic carbocycles. The summed E-state index contributed by atoms with van der Waals surface area (Å²) >= 11 is 0. The molecule has 0 unspecified atom stereocenters. The fraction of sp³-hybridized carbons (Fsp3) is 0.125. The highest BCUT2D eigenvalue weighted by molar-refractivity contribution is 6.05. The molecule has 5 heteroatoms. The van der Waals surface area contributed by atoms with E-state index in [9.17, 15) is 4.79 Å². The van der Waals surface area contributed by atoms with Gasteiger partial charge in [-0.1, -0.05) is 12.1 Å². The first kappa shape index (κ1) is 13.2. The second kappa shape index (κ2) is 5.66. The maximum absolute atomic E-state index is 12.1. The van der Waals surface area contributed by atoms with E-state index in [0.717, 1.165) is 11.3 Å². The summed E-state index contributed by atoms with van der Waals surface area (Å²) in [4.78, 5) is 16.2. The Morgan fingerprint density at radius 1 is 1.29 bits per heavy atom. The molecule has 0 aliphatic rings. The lowest BCUT2D eigenvalue weighted by atomic mass is 10.2. The summed E-state index contributed by atoms with van der Waals surface area (Å²) in [6, 6.07) is 11.1. The minimum atomic E-state index is -0.214. The molecule has 21 heavy (non-hydrogen) atoms. The molecule has 2 heterocycles. The van der Waals surface area contributed by atoms with Crippen molar-refractivity contribution in [1.29, 1.82) is 0 Å². The molecule has 2 aromatic heterocycles. The van der Waals surface area contributed by atoms with Gasteiger partial charge in [0.1, 0.15) is 11.4 Å². The number of methoxy groups -OCH3 is 1. The number of nitrogens with zero attached hydrogens (tertiary/aromatic N) is 2. The van der Waals surface area contributed by atoms with Crippen molar-refractivity contribution in [3.05, 3.63) is 72.2 Å². The summed E-state index contributed by atoms with van der Waals surface area (Å²) in [6.07, 6.45) is 4.83. The Balaban J connectivity index is 1.74. The van der Waals surface area contributed by atoms with Crippen molar-refractivity contribution in [3.63, 3.8) is 0 Å². The SMILES string of the molecule is COc1ccc(Cn2cnc(C(=O)c3ccco3)c2)cc1. The fourth-order valence-electron chi connectivity index (χ4n) is 2.04. The number of hydrogen-bond donors (Lipinski definition) is 0. The van der Waals surface area contributed by atoms with E-state index < -0.39 is 0 Å². The molecule has 0 atom stereocenters. The van der Waals surface area contributed by atoms with Gasteiger partial charge in [-0.15, -0.1) is 0 Å². The van der Waals surface area contributed by atoms with Gasteiger partial charge in [-0.2, -0.15) is 0 Å². The monoisotopic (exact) mass is 282 g/mol. The van der Waals surface area contributed by atoms with Gasteiger partial charge in [-0.3, -0.25) is 4.79 Å². The number of hydrogen-bond acceptors (Lipinski definition) is 4. The van der Waals surface area contributed by atoms with Crippen LogP contribution < -0.4 is 4.74 Å². The Kier molecular flexibility index (Phi) is 3.55. The lowest BCUT2D eigenvalue weighted by molar-refractivity contribution is 0.100. The zero-order valence-corrected chi connectivity index (χ0v) is 11.5. The van der Waals surface area contributed by atoms with Gasteiger partial charge >= 0.3 is 0 Å². The van der Waals surface area contributed by atoms with Crippen LogP contribution in [0, 0.1) is 0 Å². The number of ether oxygens (including phenoxy) is 1. The highest BCUT2D eigenvalue weighted by atomic mass is 16.5. The van der Waals surface area contributed by atoms with Gasteiger partial charge in [0.15, 0.2) is 5.76 Å². The Bertz CT molecular complexity index is 727. The van der Waals surface area contributed by atoms with Gasteiger partial charge < -0.3 is 13.7 Å². The van der Waals surface area contributed by atoms with Crippen LogP contribution in [-0.2, 0) is 6.54 Å². The number of furan rings is 1. The standard InChI is InChI=1S/C16H14N2O3/c1-20-13-6-4-12(5-7-13)9-18-10-14(17-11-18)16(19)15-3-2-8-21-15/h2-8,10-11H,9H2,1H3. The van der Waals surface area contributed by atoms with E-state index in [2.05, 4.69) is 4.98 Å². The number of ketones is 1. The van der Waals surface area contributed by atoms with E-state index in [1.54, 1.807) is 31.8 Å². The number of carbonyl (C=O) groups is 1. The molecule has 0 amide bonds. The first-order chi connectivity index (χ1) is 10.3. The summed E-state index contributed by atoms with van der Waals surface area (Å²) in [5, 5.41) is 0. The lowest BCUT2D eigenvalue weighted by Gasteiger charge is -2.04. The average molecular weight is 282 g/mol. The molecular formula is C16H14N2O3. The largest absolute Gasteiger partial charge is 0.497 e. The number of rotatable bonds is 5. The molecule has 0 aliphatic heterocycles. The minimum absolute atomic E-state index is 0.214. The van der Waals surface area contributed by atoms with Crippen LogP contribution in [0.3, 0.4) is 0 Å². The zero-order chi connectivity index (χ0) is 14.7. The molecule has 0 aliphatic carbocycles. The summed E-state index contributed by atoms with van der Waals surface area (Å²) in [6.45, 7) is 0.641. The van der Waals surface area contributed by atoms with Crippen LogP contribution in [0.25, 0.3) is 0 Å². The van der Waals surface area contributed by atoms with Crippen molar-refractivity contribution in [2.24, 2.45) is 0 Å². The highest BCUT2D eigenvalue weighted by Crippen LogP contribution is 2.13. The van der Waals surface area contributed by atoms with Gasteiger partial charge in [0.05, 0.1) is 19.7 Å². The lowest BCUT2D eigenvalue weighted by Crippen LogP contribution is -2.00. The molecule has 106 valence electrons. The van der Waals surface area contributed by atoms with Crippen molar-refractivity contribution in [3.8, 4) is 5.75 Å². The maximum Gasteiger partial charge on any atom is 0.248 e. The van der Waals surface area contributed by atoms with Crippen molar-refractivity contribution >= 4 is 5.78 Å². The van der Waals surface area contributed by atoms with E-state index in [0.29, 0.717) is 18.0 Å². The zero-order valence-electron chi connectivity index (χ0n) is 11.5. The van der Waals surface area contributed by atoms with E-state index in [1.807, 2.05) is 28.8 Å². The maximum atomic E-state index is 12.1. The second-order valence-corrected chi connectivity index (χ2v) is 4.59. The molecule has 0 spiro atoms. The predicted molar refractivity (Wildman–Crippen MR) is 76.5 cm³/mol. The van der Waals surface area contributed by atoms with Crippen LogP contribution in [0.15, 0.2) is 59.6 Å². The quantitative estimate of drug-likeness (QED) is 0.675. The smallest absolute Gasteiger partial charge is 0.248 e. The molecule has 0 bridgehead atoms. The second-order valence-electron chi connectivity index (χ2n) is 4.59. The molecule has 0 radical (unpaired) electrons. The molecule has 3 rings (SSSR count). The number of aromatic nitrogens is 2. The van der Waals surface area contributed by atoms with E-state index in [-0.39, 0.29) is 5.78 Å². The fourth-order valence-corrected chi connectivity index (χ4v) is 2.04. The van der Waals surface area contributed by atoms with Gasteiger partial charge in [0, 0.05) is 12.7 Å². The third-order valence-electron chi connectivity index (χ3n) is 3.14. The number of carbonyl (C=O) groups excluding carboxylic acids is 1. The molecule has 0 N–H and O–H groups in total. The normalized spacial score (nSPS) is 10.5. The molecular weight excluding hydrogens is 268 g/mol. The van der Waals surface area contributed by atoms with Gasteiger partial charge in [0.25, 0.3) is 0 Å². The molecule has 3 aromatic rings. The van der Waals surface area contributed by atoms with Crippen molar-refractivity contribution in [2.75, 3.05) is 7.11 Å². The van der Waals surface area contributed by atoms with Gasteiger partial charge in [-0.25, -0.2) is 4.98 Å². The molecule has 0 saturated carbocycles. The first-order valence-corrected chi connectivity index (χ1v) is 6.49. The Morgan fingerprint density at radius 2 is 2.10 bits per heavy atom. The van der Waals surface area contributed by atoms with Crippen LogP contribution in [0.2, 0.25) is 0 Å². The minimum Gasteiger partial charge on any atom is -0.497 e. The van der Waals surface area contributed by atoms with E-state index in [4.69, 9.17) is 9.15 Å². The Labute approximate surface area is 121 Å².